The molecule has 0 spiro atoms. The molecule has 0 radical (unpaired) electrons. The van der Waals surface area contributed by atoms with E-state index in [0.29, 0.717) is 18.1 Å². The predicted octanol–water partition coefficient (Wildman–Crippen LogP) is 3.22. The monoisotopic (exact) mass is 410 g/mol. The summed E-state index contributed by atoms with van der Waals surface area (Å²) in [6, 6.07) is 1.54. The fraction of sp³-hybridized carbons (Fsp3) is 0.353. The Hall–Kier alpha value is -2.66. The van der Waals surface area contributed by atoms with Crippen molar-refractivity contribution in [1.29, 1.82) is 0 Å². The Balaban J connectivity index is 1.76. The number of alkyl halides is 3. The highest BCUT2D eigenvalue weighted by atomic mass is 32.1. The van der Waals surface area contributed by atoms with Crippen molar-refractivity contribution in [3.8, 4) is 10.6 Å². The van der Waals surface area contributed by atoms with Crippen LogP contribution in [0.2, 0.25) is 0 Å². The predicted molar refractivity (Wildman–Crippen MR) is 94.6 cm³/mol. The molecule has 2 N–H and O–H groups in total. The van der Waals surface area contributed by atoms with Crippen molar-refractivity contribution in [3.05, 3.63) is 28.8 Å². The lowest BCUT2D eigenvalue weighted by Crippen LogP contribution is -2.67. The molecule has 1 aromatic carbocycles. The molecule has 3 aliphatic rings. The van der Waals surface area contributed by atoms with Gasteiger partial charge >= 0.3 is 12.1 Å². The molecule has 2 atom stereocenters. The van der Waals surface area contributed by atoms with Crippen molar-refractivity contribution >= 4 is 34.4 Å². The van der Waals surface area contributed by atoms with Gasteiger partial charge in [0.15, 0.2) is 5.58 Å². The number of nitrogens with zero attached hydrogens (tertiary/aromatic N) is 3. The van der Waals surface area contributed by atoms with Gasteiger partial charge in [-0.15, -0.1) is 11.3 Å². The van der Waals surface area contributed by atoms with Gasteiger partial charge in [0.2, 0.25) is 0 Å². The maximum absolute atomic E-state index is 13.8. The molecule has 0 amide bonds. The van der Waals surface area contributed by atoms with Gasteiger partial charge in [-0.1, -0.05) is 0 Å². The number of oxazole rings is 1. The van der Waals surface area contributed by atoms with Gasteiger partial charge in [-0.25, -0.2) is 9.78 Å². The molecule has 28 heavy (non-hydrogen) atoms. The summed E-state index contributed by atoms with van der Waals surface area (Å²) in [7, 11) is 0. The summed E-state index contributed by atoms with van der Waals surface area (Å²) in [5, 5.41) is 14.8. The van der Waals surface area contributed by atoms with Crippen LogP contribution in [0.1, 0.15) is 22.3 Å². The SMILES string of the molecule is O=C(O)c1cc(-c2nccs2)c2oc(N3CC4CC(C3)N4)nc2c1C(F)(F)F. The van der Waals surface area contributed by atoms with E-state index in [-0.39, 0.29) is 29.2 Å². The van der Waals surface area contributed by atoms with Crippen LogP contribution in [0.4, 0.5) is 19.2 Å². The second-order valence-corrected chi connectivity index (χ2v) is 7.76. The van der Waals surface area contributed by atoms with Gasteiger partial charge < -0.3 is 19.7 Å². The standard InChI is InChI=1S/C17H13F3N4O3S/c18-17(19,20)11-9(15(25)26)4-10(14-21-1-2-28-14)13-12(11)23-16(27-13)24-5-7-3-8(6-24)22-7/h1-2,4,7-8,22H,3,5-6H2,(H,25,26). The number of aromatic carboxylic acids is 1. The van der Waals surface area contributed by atoms with Crippen LogP contribution in [0.15, 0.2) is 22.1 Å². The van der Waals surface area contributed by atoms with Crippen molar-refractivity contribution in [2.45, 2.75) is 24.7 Å². The second-order valence-electron chi connectivity index (χ2n) is 6.86. The summed E-state index contributed by atoms with van der Waals surface area (Å²) >= 11 is 1.18. The number of thiazole rings is 1. The number of anilines is 1. The lowest BCUT2D eigenvalue weighted by atomic mass is 9.92. The quantitative estimate of drug-likeness (QED) is 0.685. The number of nitrogens with one attached hydrogen (secondary N) is 1. The number of halogens is 3. The summed E-state index contributed by atoms with van der Waals surface area (Å²) in [6.45, 7) is 1.14. The van der Waals surface area contributed by atoms with Gasteiger partial charge in [0.05, 0.1) is 16.7 Å². The van der Waals surface area contributed by atoms with Crippen LogP contribution in [0.5, 0.6) is 0 Å². The third-order valence-electron chi connectivity index (χ3n) is 5.02. The van der Waals surface area contributed by atoms with Crippen molar-refractivity contribution < 1.29 is 27.5 Å². The maximum Gasteiger partial charge on any atom is 0.419 e. The number of rotatable bonds is 3. The zero-order valence-corrected chi connectivity index (χ0v) is 15.0. The summed E-state index contributed by atoms with van der Waals surface area (Å²) in [4.78, 5) is 21.6. The number of piperidine rings is 1. The Morgan fingerprint density at radius 1 is 1.36 bits per heavy atom. The topological polar surface area (TPSA) is 91.5 Å². The fourth-order valence-corrected chi connectivity index (χ4v) is 4.50. The Kier molecular flexibility index (Phi) is 3.68. The van der Waals surface area contributed by atoms with Gasteiger partial charge in [-0.2, -0.15) is 18.2 Å². The van der Waals surface area contributed by atoms with Crippen LogP contribution in [-0.2, 0) is 6.18 Å². The molecule has 11 heteroatoms. The number of piperazine rings is 1. The van der Waals surface area contributed by atoms with Crippen LogP contribution in [0.25, 0.3) is 21.7 Å². The number of aromatic nitrogens is 2. The van der Waals surface area contributed by atoms with E-state index < -0.39 is 28.8 Å². The van der Waals surface area contributed by atoms with E-state index in [2.05, 4.69) is 15.3 Å². The van der Waals surface area contributed by atoms with Crippen LogP contribution >= 0.6 is 11.3 Å². The van der Waals surface area contributed by atoms with Crippen molar-refractivity contribution in [3.63, 3.8) is 0 Å². The molecule has 5 heterocycles. The minimum atomic E-state index is -4.90. The number of hydrogen-bond donors (Lipinski definition) is 2. The van der Waals surface area contributed by atoms with E-state index in [9.17, 15) is 23.1 Å². The van der Waals surface area contributed by atoms with Gasteiger partial charge in [0, 0.05) is 36.8 Å². The van der Waals surface area contributed by atoms with Crippen LogP contribution in [0, 0.1) is 0 Å². The average molecular weight is 410 g/mol. The molecule has 2 bridgehead atoms. The number of fused-ring (bicyclic) bond motifs is 3. The molecular weight excluding hydrogens is 397 g/mol. The molecule has 0 saturated carbocycles. The zero-order chi connectivity index (χ0) is 19.6. The Morgan fingerprint density at radius 2 is 2.07 bits per heavy atom. The van der Waals surface area contributed by atoms with Gasteiger partial charge in [-0.3, -0.25) is 0 Å². The lowest BCUT2D eigenvalue weighted by Gasteiger charge is -2.47. The summed E-state index contributed by atoms with van der Waals surface area (Å²) in [5.41, 5.74) is -2.58. The van der Waals surface area contributed by atoms with Crippen molar-refractivity contribution in [1.82, 2.24) is 15.3 Å². The van der Waals surface area contributed by atoms with Crippen LogP contribution in [0.3, 0.4) is 0 Å². The minimum Gasteiger partial charge on any atom is -0.478 e. The highest BCUT2D eigenvalue weighted by Gasteiger charge is 2.42. The molecule has 7 nitrogen and oxygen atoms in total. The molecule has 3 aromatic rings. The van der Waals surface area contributed by atoms with E-state index in [0.717, 1.165) is 12.5 Å². The summed E-state index contributed by atoms with van der Waals surface area (Å²) < 4.78 is 47.0. The van der Waals surface area contributed by atoms with E-state index in [1.54, 1.807) is 10.3 Å². The first kappa shape index (κ1) is 17.4. The zero-order valence-electron chi connectivity index (χ0n) is 14.2. The number of benzene rings is 1. The first-order valence-electron chi connectivity index (χ1n) is 8.50. The fourth-order valence-electron chi connectivity index (χ4n) is 3.85. The Labute approximate surface area is 159 Å². The van der Waals surface area contributed by atoms with Gasteiger partial charge in [0.1, 0.15) is 10.5 Å². The molecule has 0 aliphatic carbocycles. The summed E-state index contributed by atoms with van der Waals surface area (Å²) in [6.07, 6.45) is -2.39. The van der Waals surface area contributed by atoms with Gasteiger partial charge in [-0.05, 0) is 12.5 Å². The number of hydrogen-bond acceptors (Lipinski definition) is 7. The van der Waals surface area contributed by atoms with Crippen molar-refractivity contribution in [2.75, 3.05) is 18.0 Å². The van der Waals surface area contributed by atoms with E-state index in [1.165, 1.54) is 17.5 Å². The average Bonchev–Trinajstić information content (AvgIpc) is 3.28. The van der Waals surface area contributed by atoms with Crippen molar-refractivity contribution in [2.24, 2.45) is 0 Å². The first-order chi connectivity index (χ1) is 13.3. The van der Waals surface area contributed by atoms with E-state index in [4.69, 9.17) is 4.42 Å². The lowest BCUT2D eigenvalue weighted by molar-refractivity contribution is -0.136. The number of carboxylic acid groups (broad SMARTS) is 1. The van der Waals surface area contributed by atoms with Gasteiger partial charge in [0.25, 0.3) is 6.01 Å². The van der Waals surface area contributed by atoms with Crippen LogP contribution < -0.4 is 10.2 Å². The third-order valence-corrected chi connectivity index (χ3v) is 5.83. The number of carbonyl (C=O) groups is 1. The molecular formula is C17H13F3N4O3S. The molecule has 2 unspecified atom stereocenters. The Morgan fingerprint density at radius 3 is 2.64 bits per heavy atom. The number of carboxylic acids is 1. The summed E-state index contributed by atoms with van der Waals surface area (Å²) in [5.74, 6) is -1.68. The molecule has 3 aliphatic heterocycles. The molecule has 146 valence electrons. The molecule has 2 aromatic heterocycles. The third kappa shape index (κ3) is 2.65. The highest BCUT2D eigenvalue weighted by Crippen LogP contribution is 2.43. The largest absolute Gasteiger partial charge is 0.478 e. The highest BCUT2D eigenvalue weighted by molar-refractivity contribution is 7.13. The molecule has 3 fully saturated rings. The molecule has 6 rings (SSSR count). The first-order valence-corrected chi connectivity index (χ1v) is 9.38. The maximum atomic E-state index is 13.8. The Bertz CT molecular complexity index is 1060. The van der Waals surface area contributed by atoms with E-state index in [1.807, 2.05) is 0 Å². The smallest absolute Gasteiger partial charge is 0.419 e. The van der Waals surface area contributed by atoms with E-state index >= 15 is 0 Å². The second kappa shape index (κ2) is 5.92. The normalized spacial score (nSPS) is 21.8. The minimum absolute atomic E-state index is 0.0667. The van der Waals surface area contributed by atoms with Crippen LogP contribution in [-0.4, -0.2) is 46.2 Å². The molecule has 3 saturated heterocycles.